The predicted octanol–water partition coefficient (Wildman–Crippen LogP) is -0.710. The number of hydrogen-bond acceptors (Lipinski definition) is 6. The average Bonchev–Trinajstić information content (AvgIpc) is 2.28. The van der Waals surface area contributed by atoms with Crippen LogP contribution in [0.1, 0.15) is 0 Å². The van der Waals surface area contributed by atoms with E-state index < -0.39 is 27.5 Å². The molecule has 0 fully saturated rings. The Labute approximate surface area is 102 Å². The van der Waals surface area contributed by atoms with Gasteiger partial charge in [-0.15, -0.1) is 0 Å². The molecule has 0 saturated carbocycles. The Hall–Kier alpha value is -2.04. The molecule has 0 aliphatic heterocycles. The first-order valence-electron chi connectivity index (χ1n) is 4.49. The Bertz CT molecular complexity index is 570. The summed E-state index contributed by atoms with van der Waals surface area (Å²) in [6, 6.07) is 4.35. The van der Waals surface area contributed by atoms with Crippen molar-refractivity contribution < 1.29 is 23.0 Å². The number of primary amides is 1. The van der Waals surface area contributed by atoms with Crippen LogP contribution in [0.25, 0.3) is 0 Å². The van der Waals surface area contributed by atoms with E-state index in [4.69, 9.17) is 5.73 Å². The molecule has 1 rings (SSSR count). The molecule has 0 spiro atoms. The third-order valence-corrected chi connectivity index (χ3v) is 2.93. The molecule has 0 aliphatic rings. The van der Waals surface area contributed by atoms with Gasteiger partial charge in [0, 0.05) is 12.1 Å². The molecule has 1 aromatic carbocycles. The number of nitrogens with one attached hydrogen (secondary N) is 1. The average molecular weight is 275 g/mol. The van der Waals surface area contributed by atoms with Gasteiger partial charge in [-0.05, 0) is 6.07 Å². The minimum atomic E-state index is -4.10. The third kappa shape index (κ3) is 3.76. The molecule has 1 aromatic rings. The number of carbonyl (C=O) groups is 1. The topological polar surface area (TPSA) is 142 Å². The fourth-order valence-corrected chi connectivity index (χ4v) is 1.83. The Morgan fingerprint density at radius 3 is 2.72 bits per heavy atom. The van der Waals surface area contributed by atoms with Crippen molar-refractivity contribution in [2.45, 2.75) is 4.90 Å². The molecular formula is C8H9N3O6S. The Morgan fingerprint density at radius 1 is 1.50 bits per heavy atom. The van der Waals surface area contributed by atoms with Crippen molar-refractivity contribution in [1.82, 2.24) is 4.89 Å². The van der Waals surface area contributed by atoms with Crippen molar-refractivity contribution in [1.29, 1.82) is 0 Å². The molecule has 10 heteroatoms. The standard InChI is InChI=1S/C8H9N3O6S/c9-8(12)5-17-10-18(15,16)7-3-1-2-6(4-7)11(13)14/h1-4,10H,5H2,(H2,9,12). The Kier molecular flexibility index (Phi) is 4.31. The van der Waals surface area contributed by atoms with E-state index >= 15 is 0 Å². The van der Waals surface area contributed by atoms with E-state index in [0.29, 0.717) is 0 Å². The van der Waals surface area contributed by atoms with E-state index in [1.165, 1.54) is 6.07 Å². The van der Waals surface area contributed by atoms with Crippen molar-refractivity contribution in [3.63, 3.8) is 0 Å². The Morgan fingerprint density at radius 2 is 2.17 bits per heavy atom. The Balaban J connectivity index is 2.88. The van der Waals surface area contributed by atoms with E-state index in [2.05, 4.69) is 4.84 Å². The van der Waals surface area contributed by atoms with Crippen molar-refractivity contribution in [2.75, 3.05) is 6.61 Å². The van der Waals surface area contributed by atoms with Crippen molar-refractivity contribution in [3.05, 3.63) is 34.4 Å². The number of hydrogen-bond donors (Lipinski definition) is 2. The van der Waals surface area contributed by atoms with Gasteiger partial charge in [0.15, 0.2) is 0 Å². The molecule has 18 heavy (non-hydrogen) atoms. The molecule has 9 nitrogen and oxygen atoms in total. The maximum atomic E-state index is 11.6. The lowest BCUT2D eigenvalue weighted by Gasteiger charge is -2.05. The molecule has 0 radical (unpaired) electrons. The van der Waals surface area contributed by atoms with Crippen LogP contribution < -0.4 is 10.6 Å². The normalized spacial score (nSPS) is 11.1. The van der Waals surface area contributed by atoms with E-state index in [-0.39, 0.29) is 10.6 Å². The van der Waals surface area contributed by atoms with Gasteiger partial charge < -0.3 is 5.73 Å². The second-order valence-electron chi connectivity index (χ2n) is 3.10. The molecule has 0 atom stereocenters. The summed E-state index contributed by atoms with van der Waals surface area (Å²) in [7, 11) is -4.10. The van der Waals surface area contributed by atoms with Crippen LogP contribution in [0.5, 0.6) is 0 Å². The highest BCUT2D eigenvalue weighted by Gasteiger charge is 2.17. The van der Waals surface area contributed by atoms with Crippen LogP contribution in [0.4, 0.5) is 5.69 Å². The fourth-order valence-electron chi connectivity index (χ4n) is 0.991. The minimum Gasteiger partial charge on any atom is -0.368 e. The van der Waals surface area contributed by atoms with Gasteiger partial charge in [-0.25, -0.2) is 8.42 Å². The molecule has 1 amide bonds. The first kappa shape index (κ1) is 14.0. The van der Waals surface area contributed by atoms with Gasteiger partial charge in [0.25, 0.3) is 15.7 Å². The summed E-state index contributed by atoms with van der Waals surface area (Å²) >= 11 is 0. The number of benzene rings is 1. The molecule has 0 unspecified atom stereocenters. The summed E-state index contributed by atoms with van der Waals surface area (Å²) in [6.07, 6.45) is 0. The highest BCUT2D eigenvalue weighted by molar-refractivity contribution is 7.89. The highest BCUT2D eigenvalue weighted by Crippen LogP contribution is 2.16. The SMILES string of the molecule is NC(=O)CONS(=O)(=O)c1cccc([N+](=O)[O-])c1. The lowest BCUT2D eigenvalue weighted by atomic mass is 10.3. The number of nitrogens with two attached hydrogens (primary N) is 1. The third-order valence-electron chi connectivity index (χ3n) is 1.72. The van der Waals surface area contributed by atoms with Gasteiger partial charge >= 0.3 is 0 Å². The maximum Gasteiger partial charge on any atom is 0.270 e. The zero-order valence-corrected chi connectivity index (χ0v) is 9.72. The summed E-state index contributed by atoms with van der Waals surface area (Å²) in [5.41, 5.74) is 4.35. The largest absolute Gasteiger partial charge is 0.368 e. The number of nitro groups is 1. The lowest BCUT2D eigenvalue weighted by molar-refractivity contribution is -0.385. The molecule has 0 heterocycles. The minimum absolute atomic E-state index is 0.360. The number of amides is 1. The summed E-state index contributed by atoms with van der Waals surface area (Å²) in [4.78, 5) is 25.7. The maximum absolute atomic E-state index is 11.6. The summed E-state index contributed by atoms with van der Waals surface area (Å²) in [5.74, 6) is -0.864. The van der Waals surface area contributed by atoms with Crippen LogP contribution in [-0.2, 0) is 19.7 Å². The highest BCUT2D eigenvalue weighted by atomic mass is 32.2. The van der Waals surface area contributed by atoms with Crippen LogP contribution in [0.3, 0.4) is 0 Å². The molecule has 0 bridgehead atoms. The number of rotatable bonds is 6. The van der Waals surface area contributed by atoms with Crippen LogP contribution in [0.2, 0.25) is 0 Å². The van der Waals surface area contributed by atoms with Gasteiger partial charge in [0.2, 0.25) is 5.91 Å². The van der Waals surface area contributed by atoms with Crippen LogP contribution in [0, 0.1) is 10.1 Å². The smallest absolute Gasteiger partial charge is 0.270 e. The first-order valence-corrected chi connectivity index (χ1v) is 5.97. The fraction of sp³-hybridized carbons (Fsp3) is 0.125. The van der Waals surface area contributed by atoms with E-state index in [9.17, 15) is 23.3 Å². The number of nitro benzene ring substituents is 1. The van der Waals surface area contributed by atoms with Gasteiger partial charge in [-0.3, -0.25) is 19.7 Å². The van der Waals surface area contributed by atoms with Gasteiger partial charge in [0.05, 0.1) is 9.82 Å². The van der Waals surface area contributed by atoms with Crippen molar-refractivity contribution in [2.24, 2.45) is 5.73 Å². The quantitative estimate of drug-likeness (QED) is 0.518. The van der Waals surface area contributed by atoms with E-state index in [0.717, 1.165) is 18.2 Å². The molecule has 0 saturated heterocycles. The van der Waals surface area contributed by atoms with Crippen LogP contribution >= 0.6 is 0 Å². The monoisotopic (exact) mass is 275 g/mol. The molecule has 0 aromatic heterocycles. The number of nitrogens with zero attached hydrogens (tertiary/aromatic N) is 1. The lowest BCUT2D eigenvalue weighted by Crippen LogP contribution is -2.29. The zero-order chi connectivity index (χ0) is 13.8. The molecule has 98 valence electrons. The van der Waals surface area contributed by atoms with E-state index in [1.807, 2.05) is 0 Å². The van der Waals surface area contributed by atoms with Crippen LogP contribution in [-0.4, -0.2) is 25.9 Å². The number of sulfonamides is 1. The molecule has 3 N–H and O–H groups in total. The zero-order valence-electron chi connectivity index (χ0n) is 8.90. The number of non-ortho nitro benzene ring substituents is 1. The van der Waals surface area contributed by atoms with Crippen molar-refractivity contribution in [3.8, 4) is 0 Å². The van der Waals surface area contributed by atoms with Gasteiger partial charge in [0.1, 0.15) is 6.61 Å². The van der Waals surface area contributed by atoms with Gasteiger partial charge in [-0.2, -0.15) is 0 Å². The summed E-state index contributed by atoms with van der Waals surface area (Å²) < 4.78 is 23.2. The van der Waals surface area contributed by atoms with Crippen LogP contribution in [0.15, 0.2) is 29.2 Å². The van der Waals surface area contributed by atoms with Crippen molar-refractivity contribution >= 4 is 21.6 Å². The molecule has 0 aliphatic carbocycles. The molecular weight excluding hydrogens is 266 g/mol. The van der Waals surface area contributed by atoms with Gasteiger partial charge in [-0.1, -0.05) is 11.0 Å². The first-order chi connectivity index (χ1) is 8.33. The second-order valence-corrected chi connectivity index (χ2v) is 4.74. The second kappa shape index (κ2) is 5.53. The predicted molar refractivity (Wildman–Crippen MR) is 58.6 cm³/mol. The summed E-state index contributed by atoms with van der Waals surface area (Å²) in [6.45, 7) is -0.645. The van der Waals surface area contributed by atoms with E-state index in [1.54, 1.807) is 4.89 Å². The number of carbonyl (C=O) groups excluding carboxylic acids is 1. The summed E-state index contributed by atoms with van der Waals surface area (Å²) in [5, 5.41) is 10.5.